The van der Waals surface area contributed by atoms with Crippen LogP contribution in [0.2, 0.25) is 0 Å². The number of amidine groups is 1. The third-order valence-electron chi connectivity index (χ3n) is 3.67. The fourth-order valence-corrected chi connectivity index (χ4v) is 2.28. The minimum atomic E-state index is -0.343. The second-order valence-electron chi connectivity index (χ2n) is 5.31. The van der Waals surface area contributed by atoms with E-state index in [0.29, 0.717) is 0 Å². The molecule has 1 fully saturated rings. The van der Waals surface area contributed by atoms with E-state index in [-0.39, 0.29) is 11.5 Å². The summed E-state index contributed by atoms with van der Waals surface area (Å²) in [6.07, 6.45) is 2.46. The van der Waals surface area contributed by atoms with E-state index in [0.717, 1.165) is 24.7 Å². The molecule has 1 aliphatic heterocycles. The van der Waals surface area contributed by atoms with Gasteiger partial charge in [-0.1, -0.05) is 6.92 Å². The van der Waals surface area contributed by atoms with E-state index in [2.05, 4.69) is 22.4 Å². The van der Waals surface area contributed by atoms with Gasteiger partial charge in [-0.2, -0.15) is 10.4 Å². The topological polar surface area (TPSA) is 101 Å². The van der Waals surface area contributed by atoms with Crippen LogP contribution in [-0.4, -0.2) is 24.6 Å². The molecule has 0 radical (unpaired) electrons. The van der Waals surface area contributed by atoms with Gasteiger partial charge in [0, 0.05) is 18.8 Å². The Kier molecular flexibility index (Phi) is 4.77. The number of benzene rings is 1. The summed E-state index contributed by atoms with van der Waals surface area (Å²) in [5.74, 6) is 0.469. The quantitative estimate of drug-likeness (QED) is 0.448. The Balaban J connectivity index is 1.99. The van der Waals surface area contributed by atoms with Crippen molar-refractivity contribution in [2.75, 3.05) is 23.4 Å². The van der Waals surface area contributed by atoms with Gasteiger partial charge < -0.3 is 10.6 Å². The van der Waals surface area contributed by atoms with Crippen LogP contribution in [0.1, 0.15) is 19.8 Å². The van der Waals surface area contributed by atoms with Gasteiger partial charge in [0.05, 0.1) is 5.69 Å². The molecule has 1 aromatic carbocycles. The zero-order valence-corrected chi connectivity index (χ0v) is 12.1. The summed E-state index contributed by atoms with van der Waals surface area (Å²) in [4.78, 5) is 2.38. The van der Waals surface area contributed by atoms with Gasteiger partial charge in [0.25, 0.3) is 0 Å². The minimum absolute atomic E-state index is 0.121. The smallest absolute Gasteiger partial charge is 0.201 e. The lowest BCUT2D eigenvalue weighted by Crippen LogP contribution is -2.32. The van der Waals surface area contributed by atoms with Crippen molar-refractivity contribution in [1.82, 2.24) is 0 Å². The van der Waals surface area contributed by atoms with Crippen LogP contribution in [0.5, 0.6) is 0 Å². The Morgan fingerprint density at radius 2 is 2.00 bits per heavy atom. The van der Waals surface area contributed by atoms with Gasteiger partial charge in [-0.25, -0.2) is 0 Å². The molecule has 0 spiro atoms. The minimum Gasteiger partial charge on any atom is -0.382 e. The van der Waals surface area contributed by atoms with E-state index < -0.39 is 0 Å². The second-order valence-corrected chi connectivity index (χ2v) is 5.31. The van der Waals surface area contributed by atoms with Crippen LogP contribution in [0.15, 0.2) is 29.4 Å². The Morgan fingerprint density at radius 1 is 1.38 bits per heavy atom. The van der Waals surface area contributed by atoms with Crippen LogP contribution in [0, 0.1) is 22.7 Å². The molecule has 0 atom stereocenters. The Hall–Kier alpha value is -2.55. The number of nitrogens with zero attached hydrogens (tertiary/aromatic N) is 3. The molecule has 110 valence electrons. The summed E-state index contributed by atoms with van der Waals surface area (Å²) in [6.45, 7) is 4.48. The monoisotopic (exact) mass is 284 g/mol. The highest BCUT2D eigenvalue weighted by Gasteiger charge is 2.15. The van der Waals surface area contributed by atoms with Crippen LogP contribution in [0.3, 0.4) is 0 Å². The first-order chi connectivity index (χ1) is 10.1. The molecule has 1 saturated heterocycles. The van der Waals surface area contributed by atoms with E-state index in [1.54, 1.807) is 6.07 Å². The average molecular weight is 284 g/mol. The zero-order chi connectivity index (χ0) is 15.2. The van der Waals surface area contributed by atoms with E-state index >= 15 is 0 Å². The van der Waals surface area contributed by atoms with Gasteiger partial charge in [-0.3, -0.25) is 10.8 Å². The van der Waals surface area contributed by atoms with Crippen LogP contribution >= 0.6 is 0 Å². The molecule has 0 bridgehead atoms. The predicted molar refractivity (Wildman–Crippen MR) is 85.6 cm³/mol. The Bertz CT molecular complexity index is 561. The molecule has 0 aromatic heterocycles. The third kappa shape index (κ3) is 3.96. The first kappa shape index (κ1) is 14.9. The molecule has 1 heterocycles. The average Bonchev–Trinajstić information content (AvgIpc) is 2.49. The number of piperidine rings is 1. The van der Waals surface area contributed by atoms with Crippen LogP contribution in [0.25, 0.3) is 0 Å². The number of nitrogens with one attached hydrogen (secondary N) is 2. The molecular formula is C15H20N6. The maximum absolute atomic E-state index is 8.76. The van der Waals surface area contributed by atoms with Gasteiger partial charge in [-0.05, 0) is 43.0 Å². The van der Waals surface area contributed by atoms with Gasteiger partial charge in [0.15, 0.2) is 5.84 Å². The van der Waals surface area contributed by atoms with Crippen molar-refractivity contribution in [1.29, 1.82) is 10.7 Å². The Labute approximate surface area is 124 Å². The van der Waals surface area contributed by atoms with Gasteiger partial charge >= 0.3 is 0 Å². The summed E-state index contributed by atoms with van der Waals surface area (Å²) in [7, 11) is 0. The molecule has 0 aliphatic carbocycles. The van der Waals surface area contributed by atoms with Crippen LogP contribution in [0.4, 0.5) is 11.4 Å². The number of nitriles is 1. The van der Waals surface area contributed by atoms with E-state index in [4.69, 9.17) is 16.4 Å². The molecule has 0 unspecified atom stereocenters. The van der Waals surface area contributed by atoms with E-state index in [1.807, 2.05) is 24.3 Å². The number of anilines is 2. The lowest BCUT2D eigenvalue weighted by atomic mass is 9.99. The van der Waals surface area contributed by atoms with Crippen molar-refractivity contribution in [3.05, 3.63) is 24.3 Å². The standard InChI is InChI=1S/C15H20N6/c1-11-6-8-21(9-7-11)13-4-2-12(3-5-13)19-20-14(10-16)15(17)18/h2-5,11,19H,6-9H2,1H3,(H3,17,18)/b20-14+. The third-order valence-corrected chi connectivity index (χ3v) is 3.67. The normalized spacial score (nSPS) is 16.4. The predicted octanol–water partition coefficient (Wildman–Crippen LogP) is 2.15. The summed E-state index contributed by atoms with van der Waals surface area (Å²) in [5.41, 5.74) is 9.81. The van der Waals surface area contributed by atoms with Gasteiger partial charge in [0.1, 0.15) is 6.07 Å². The molecule has 1 aromatic rings. The fourth-order valence-electron chi connectivity index (χ4n) is 2.28. The maximum Gasteiger partial charge on any atom is 0.201 e. The number of hydrogen-bond donors (Lipinski definition) is 3. The molecule has 6 heteroatoms. The van der Waals surface area contributed by atoms with Gasteiger partial charge in [0.2, 0.25) is 5.71 Å². The largest absolute Gasteiger partial charge is 0.382 e. The first-order valence-electron chi connectivity index (χ1n) is 7.03. The highest BCUT2D eigenvalue weighted by molar-refractivity contribution is 6.45. The van der Waals surface area contributed by atoms with Gasteiger partial charge in [-0.15, -0.1) is 0 Å². The number of nitrogens with two attached hydrogens (primary N) is 1. The first-order valence-corrected chi connectivity index (χ1v) is 7.03. The second kappa shape index (κ2) is 6.75. The zero-order valence-electron chi connectivity index (χ0n) is 12.1. The molecule has 21 heavy (non-hydrogen) atoms. The summed E-state index contributed by atoms with van der Waals surface area (Å²) < 4.78 is 0. The SMILES string of the molecule is CC1CCN(c2ccc(N/N=C(\C#N)C(=N)N)cc2)CC1. The fraction of sp³-hybridized carbons (Fsp3) is 0.400. The summed E-state index contributed by atoms with van der Waals surface area (Å²) in [6, 6.07) is 9.66. The van der Waals surface area contributed by atoms with Crippen molar-refractivity contribution < 1.29 is 0 Å². The van der Waals surface area contributed by atoms with Crippen molar-refractivity contribution in [2.24, 2.45) is 16.8 Å². The van der Waals surface area contributed by atoms with Crippen LogP contribution in [-0.2, 0) is 0 Å². The molecule has 0 amide bonds. The molecule has 6 nitrogen and oxygen atoms in total. The molecule has 2 rings (SSSR count). The molecule has 0 saturated carbocycles. The van der Waals surface area contributed by atoms with E-state index in [9.17, 15) is 0 Å². The van der Waals surface area contributed by atoms with Crippen molar-refractivity contribution >= 4 is 22.9 Å². The highest BCUT2D eigenvalue weighted by Crippen LogP contribution is 2.24. The lowest BCUT2D eigenvalue weighted by Gasteiger charge is -2.32. The lowest BCUT2D eigenvalue weighted by molar-refractivity contribution is 0.438. The number of rotatable bonds is 4. The molecule has 1 aliphatic rings. The van der Waals surface area contributed by atoms with Crippen LogP contribution < -0.4 is 16.1 Å². The summed E-state index contributed by atoms with van der Waals surface area (Å²) in [5, 5.41) is 19.7. The Morgan fingerprint density at radius 3 is 2.52 bits per heavy atom. The van der Waals surface area contributed by atoms with Crippen molar-refractivity contribution in [3.8, 4) is 6.07 Å². The highest BCUT2D eigenvalue weighted by atomic mass is 15.3. The number of hydrazone groups is 1. The molecular weight excluding hydrogens is 264 g/mol. The van der Waals surface area contributed by atoms with Crippen molar-refractivity contribution in [3.63, 3.8) is 0 Å². The van der Waals surface area contributed by atoms with Crippen molar-refractivity contribution in [2.45, 2.75) is 19.8 Å². The molecule has 4 N–H and O–H groups in total. The summed E-state index contributed by atoms with van der Waals surface area (Å²) >= 11 is 0. The maximum atomic E-state index is 8.76. The number of hydrogen-bond acceptors (Lipinski definition) is 5. The van der Waals surface area contributed by atoms with E-state index in [1.165, 1.54) is 18.5 Å².